The van der Waals surface area contributed by atoms with Crippen LogP contribution in [0.15, 0.2) is 0 Å². The summed E-state index contributed by atoms with van der Waals surface area (Å²) in [4.78, 5) is 14.9. The number of carbonyl (C=O) groups is 1. The second-order valence-corrected chi connectivity index (χ2v) is 7.67. The van der Waals surface area contributed by atoms with Gasteiger partial charge in [0.2, 0.25) is 5.91 Å². The Morgan fingerprint density at radius 2 is 2.14 bits per heavy atom. The highest BCUT2D eigenvalue weighted by atomic mass is 16.5. The highest BCUT2D eigenvalue weighted by molar-refractivity contribution is 5.89. The maximum atomic E-state index is 13.1. The molecular formula is C16H28N2O3. The SMILES string of the molecule is CC(O)C1CCN(C(=O)C2(N)C3CCCOC3C2(C)C)C1. The summed E-state index contributed by atoms with van der Waals surface area (Å²) in [6, 6.07) is 0. The average Bonchev–Trinajstić information content (AvgIpc) is 2.95. The fourth-order valence-corrected chi connectivity index (χ4v) is 4.64. The van der Waals surface area contributed by atoms with Gasteiger partial charge in [0, 0.05) is 36.9 Å². The summed E-state index contributed by atoms with van der Waals surface area (Å²) < 4.78 is 5.87. The Hall–Kier alpha value is -0.650. The molecule has 3 rings (SSSR count). The van der Waals surface area contributed by atoms with Gasteiger partial charge in [-0.1, -0.05) is 13.8 Å². The lowest BCUT2D eigenvalue weighted by Gasteiger charge is -2.65. The number of ether oxygens (including phenoxy) is 1. The van der Waals surface area contributed by atoms with Gasteiger partial charge in [0.25, 0.3) is 0 Å². The Morgan fingerprint density at radius 3 is 2.76 bits per heavy atom. The number of fused-ring (bicyclic) bond motifs is 1. The second-order valence-electron chi connectivity index (χ2n) is 7.67. The maximum Gasteiger partial charge on any atom is 0.243 e. The van der Waals surface area contributed by atoms with Crippen molar-refractivity contribution in [2.45, 2.75) is 57.8 Å². The van der Waals surface area contributed by atoms with E-state index in [1.54, 1.807) is 6.92 Å². The Balaban J connectivity index is 1.77. The normalized spacial score (nSPS) is 43.1. The molecule has 0 aromatic rings. The third-order valence-electron chi connectivity index (χ3n) is 6.23. The van der Waals surface area contributed by atoms with E-state index in [1.165, 1.54) is 0 Å². The van der Waals surface area contributed by atoms with E-state index in [2.05, 4.69) is 13.8 Å². The molecule has 1 saturated carbocycles. The Labute approximate surface area is 126 Å². The summed E-state index contributed by atoms with van der Waals surface area (Å²) in [6.07, 6.45) is 2.57. The van der Waals surface area contributed by atoms with Gasteiger partial charge in [-0.2, -0.15) is 0 Å². The van der Waals surface area contributed by atoms with Crippen LogP contribution in [-0.2, 0) is 9.53 Å². The second kappa shape index (κ2) is 4.93. The molecule has 1 amide bonds. The first kappa shape index (κ1) is 15.3. The molecule has 0 aromatic heterocycles. The molecule has 1 aliphatic carbocycles. The van der Waals surface area contributed by atoms with E-state index in [9.17, 15) is 9.90 Å². The number of rotatable bonds is 2. The van der Waals surface area contributed by atoms with Crippen LogP contribution in [0.5, 0.6) is 0 Å². The van der Waals surface area contributed by atoms with Crippen molar-refractivity contribution in [2.75, 3.05) is 19.7 Å². The van der Waals surface area contributed by atoms with Gasteiger partial charge in [-0.3, -0.25) is 4.79 Å². The molecule has 5 nitrogen and oxygen atoms in total. The number of aliphatic hydroxyl groups is 1. The number of nitrogens with zero attached hydrogens (tertiary/aromatic N) is 1. The monoisotopic (exact) mass is 296 g/mol. The topological polar surface area (TPSA) is 75.8 Å². The lowest BCUT2D eigenvalue weighted by Crippen LogP contribution is -2.82. The molecule has 3 N–H and O–H groups in total. The maximum absolute atomic E-state index is 13.1. The third-order valence-corrected chi connectivity index (χ3v) is 6.23. The van der Waals surface area contributed by atoms with Gasteiger partial charge >= 0.3 is 0 Å². The Kier molecular flexibility index (Phi) is 3.58. The van der Waals surface area contributed by atoms with Crippen LogP contribution in [0.2, 0.25) is 0 Å². The van der Waals surface area contributed by atoms with Crippen LogP contribution in [0.3, 0.4) is 0 Å². The van der Waals surface area contributed by atoms with Gasteiger partial charge < -0.3 is 20.5 Å². The molecule has 0 aromatic carbocycles. The minimum absolute atomic E-state index is 0.0578. The summed E-state index contributed by atoms with van der Waals surface area (Å²) >= 11 is 0. The molecule has 5 unspecified atom stereocenters. The van der Waals surface area contributed by atoms with E-state index in [1.807, 2.05) is 4.90 Å². The van der Waals surface area contributed by atoms with Crippen molar-refractivity contribution in [1.82, 2.24) is 4.90 Å². The van der Waals surface area contributed by atoms with Gasteiger partial charge in [0.1, 0.15) is 5.54 Å². The van der Waals surface area contributed by atoms with Crippen molar-refractivity contribution in [3.8, 4) is 0 Å². The number of hydrogen-bond donors (Lipinski definition) is 2. The molecule has 5 atom stereocenters. The van der Waals surface area contributed by atoms with E-state index in [4.69, 9.17) is 10.5 Å². The number of likely N-dealkylation sites (tertiary alicyclic amines) is 1. The van der Waals surface area contributed by atoms with Gasteiger partial charge in [-0.05, 0) is 26.2 Å². The number of amides is 1. The zero-order chi connectivity index (χ0) is 15.4. The van der Waals surface area contributed by atoms with Crippen molar-refractivity contribution in [3.05, 3.63) is 0 Å². The summed E-state index contributed by atoms with van der Waals surface area (Å²) in [5.41, 5.74) is 5.51. The van der Waals surface area contributed by atoms with Crippen LogP contribution in [-0.4, -0.2) is 53.4 Å². The summed E-state index contributed by atoms with van der Waals surface area (Å²) in [5, 5.41) is 9.73. The van der Waals surface area contributed by atoms with Crippen LogP contribution < -0.4 is 5.73 Å². The number of aliphatic hydroxyl groups excluding tert-OH is 1. The van der Waals surface area contributed by atoms with Gasteiger partial charge in [-0.25, -0.2) is 0 Å². The van der Waals surface area contributed by atoms with E-state index in [0.717, 1.165) is 25.9 Å². The molecule has 2 aliphatic heterocycles. The lowest BCUT2D eigenvalue weighted by molar-refractivity contribution is -0.229. The van der Waals surface area contributed by atoms with E-state index in [-0.39, 0.29) is 35.4 Å². The summed E-state index contributed by atoms with van der Waals surface area (Å²) in [6.45, 7) is 8.03. The standard InChI is InChI=1S/C16H28N2O3/c1-10(19)11-6-7-18(9-11)14(20)16(17)12-5-4-8-21-13(12)15(16,2)3/h10-13,19H,4-9,17H2,1-3H3. The van der Waals surface area contributed by atoms with Crippen molar-refractivity contribution in [1.29, 1.82) is 0 Å². The molecule has 3 aliphatic rings. The van der Waals surface area contributed by atoms with Gasteiger partial charge in [0.15, 0.2) is 0 Å². The molecule has 2 heterocycles. The van der Waals surface area contributed by atoms with Crippen LogP contribution in [0.4, 0.5) is 0 Å². The molecule has 21 heavy (non-hydrogen) atoms. The fraction of sp³-hybridized carbons (Fsp3) is 0.938. The van der Waals surface area contributed by atoms with Crippen LogP contribution in [0, 0.1) is 17.3 Å². The first-order chi connectivity index (χ1) is 9.80. The van der Waals surface area contributed by atoms with Gasteiger partial charge in [0.05, 0.1) is 12.2 Å². The van der Waals surface area contributed by atoms with E-state index in [0.29, 0.717) is 13.1 Å². The molecule has 120 valence electrons. The highest BCUT2D eigenvalue weighted by Gasteiger charge is 2.71. The zero-order valence-corrected chi connectivity index (χ0v) is 13.3. The molecular weight excluding hydrogens is 268 g/mol. The minimum atomic E-state index is -0.814. The van der Waals surface area contributed by atoms with Crippen molar-refractivity contribution in [3.63, 3.8) is 0 Å². The number of nitrogens with two attached hydrogens (primary N) is 1. The van der Waals surface area contributed by atoms with Crippen molar-refractivity contribution >= 4 is 5.91 Å². The minimum Gasteiger partial charge on any atom is -0.393 e. The zero-order valence-electron chi connectivity index (χ0n) is 13.3. The lowest BCUT2D eigenvalue weighted by atomic mass is 9.46. The third kappa shape index (κ3) is 1.97. The quantitative estimate of drug-likeness (QED) is 0.788. The first-order valence-corrected chi connectivity index (χ1v) is 8.18. The van der Waals surface area contributed by atoms with Crippen LogP contribution in [0.1, 0.15) is 40.0 Å². The number of hydrogen-bond acceptors (Lipinski definition) is 4. The average molecular weight is 296 g/mol. The molecule has 3 fully saturated rings. The number of carbonyl (C=O) groups excluding carboxylic acids is 1. The smallest absolute Gasteiger partial charge is 0.243 e. The summed E-state index contributed by atoms with van der Waals surface area (Å²) in [7, 11) is 0. The van der Waals surface area contributed by atoms with Gasteiger partial charge in [-0.15, -0.1) is 0 Å². The fourth-order valence-electron chi connectivity index (χ4n) is 4.64. The predicted molar refractivity (Wildman–Crippen MR) is 79.5 cm³/mol. The first-order valence-electron chi connectivity index (χ1n) is 8.18. The van der Waals surface area contributed by atoms with Crippen LogP contribution >= 0.6 is 0 Å². The van der Waals surface area contributed by atoms with E-state index >= 15 is 0 Å². The molecule has 0 spiro atoms. The summed E-state index contributed by atoms with van der Waals surface area (Å²) in [5.74, 6) is 0.376. The Morgan fingerprint density at radius 1 is 1.43 bits per heavy atom. The molecule has 5 heteroatoms. The van der Waals surface area contributed by atoms with Crippen molar-refractivity contribution in [2.24, 2.45) is 23.0 Å². The molecule has 0 bridgehead atoms. The van der Waals surface area contributed by atoms with Crippen molar-refractivity contribution < 1.29 is 14.6 Å². The molecule has 0 radical (unpaired) electrons. The predicted octanol–water partition coefficient (Wildman–Crippen LogP) is 0.748. The van der Waals surface area contributed by atoms with Crippen LogP contribution in [0.25, 0.3) is 0 Å². The van der Waals surface area contributed by atoms with E-state index < -0.39 is 5.54 Å². The highest BCUT2D eigenvalue weighted by Crippen LogP contribution is 2.58. The Bertz CT molecular complexity index is 437. The molecule has 2 saturated heterocycles. The largest absolute Gasteiger partial charge is 0.393 e.